The highest BCUT2D eigenvalue weighted by Crippen LogP contribution is 2.44. The zero-order chi connectivity index (χ0) is 17.5. The van der Waals surface area contributed by atoms with Crippen LogP contribution < -0.4 is 10.1 Å². The van der Waals surface area contributed by atoms with Gasteiger partial charge in [-0.1, -0.05) is 31.5 Å². The van der Waals surface area contributed by atoms with Gasteiger partial charge in [-0.05, 0) is 36.5 Å². The molecule has 1 aliphatic heterocycles. The van der Waals surface area contributed by atoms with Crippen LogP contribution in [0.2, 0.25) is 5.02 Å². The Morgan fingerprint density at radius 1 is 1.29 bits per heavy atom. The summed E-state index contributed by atoms with van der Waals surface area (Å²) in [5.41, 5.74) is 2.29. The van der Waals surface area contributed by atoms with E-state index in [4.69, 9.17) is 16.3 Å². The lowest BCUT2D eigenvalue weighted by atomic mass is 9.70. The molecule has 0 unspecified atom stereocenters. The second-order valence-corrected chi connectivity index (χ2v) is 7.67. The molecule has 24 heavy (non-hydrogen) atoms. The topological polar surface area (TPSA) is 55.4 Å². The van der Waals surface area contributed by atoms with Crippen molar-refractivity contribution in [3.63, 3.8) is 0 Å². The van der Waals surface area contributed by atoms with Crippen molar-refractivity contribution in [3.05, 3.63) is 40.1 Å². The minimum absolute atomic E-state index is 0.0470. The third-order valence-electron chi connectivity index (χ3n) is 4.61. The highest BCUT2D eigenvalue weighted by Gasteiger charge is 2.40. The molecule has 0 spiro atoms. The summed E-state index contributed by atoms with van der Waals surface area (Å²) in [7, 11) is 0. The van der Waals surface area contributed by atoms with Crippen molar-refractivity contribution < 1.29 is 14.3 Å². The molecule has 5 heteroatoms. The molecule has 1 aromatic rings. The van der Waals surface area contributed by atoms with Gasteiger partial charge in [0.25, 0.3) is 0 Å². The second-order valence-electron chi connectivity index (χ2n) is 7.26. The van der Waals surface area contributed by atoms with E-state index in [0.717, 1.165) is 16.8 Å². The number of hydrogen-bond acceptors (Lipinski definition) is 3. The molecule has 1 amide bonds. The molecule has 128 valence electrons. The van der Waals surface area contributed by atoms with E-state index < -0.39 is 0 Å². The van der Waals surface area contributed by atoms with Crippen LogP contribution in [0.5, 0.6) is 5.75 Å². The second kappa shape index (κ2) is 6.25. The summed E-state index contributed by atoms with van der Waals surface area (Å²) in [5, 5.41) is 3.42. The molecule has 1 aliphatic carbocycles. The fourth-order valence-electron chi connectivity index (χ4n) is 3.65. The lowest BCUT2D eigenvalue weighted by molar-refractivity contribution is -0.122. The van der Waals surface area contributed by atoms with Crippen LogP contribution >= 0.6 is 11.6 Å². The molecular weight excluding hydrogens is 326 g/mol. The Labute approximate surface area is 147 Å². The molecule has 1 heterocycles. The molecule has 0 bridgehead atoms. The Morgan fingerprint density at radius 2 is 2.04 bits per heavy atom. The van der Waals surface area contributed by atoms with Gasteiger partial charge in [0.2, 0.25) is 5.91 Å². The zero-order valence-electron chi connectivity index (χ0n) is 14.2. The first-order chi connectivity index (χ1) is 11.3. The van der Waals surface area contributed by atoms with Gasteiger partial charge in [-0.15, -0.1) is 0 Å². The van der Waals surface area contributed by atoms with E-state index in [2.05, 4.69) is 19.2 Å². The first-order valence-corrected chi connectivity index (χ1v) is 8.67. The number of ether oxygens (including phenoxy) is 1. The molecule has 1 N–H and O–H groups in total. The van der Waals surface area contributed by atoms with Crippen molar-refractivity contribution in [1.82, 2.24) is 5.32 Å². The smallest absolute Gasteiger partial charge is 0.225 e. The van der Waals surface area contributed by atoms with Gasteiger partial charge < -0.3 is 10.1 Å². The number of ketones is 1. The van der Waals surface area contributed by atoms with E-state index in [1.54, 1.807) is 0 Å². The maximum atomic E-state index is 12.7. The van der Waals surface area contributed by atoms with Gasteiger partial charge in [0.15, 0.2) is 5.78 Å². The van der Waals surface area contributed by atoms with E-state index >= 15 is 0 Å². The minimum Gasteiger partial charge on any atom is -0.492 e. The van der Waals surface area contributed by atoms with Crippen molar-refractivity contribution in [2.75, 3.05) is 6.61 Å². The van der Waals surface area contributed by atoms with Gasteiger partial charge in [0, 0.05) is 30.0 Å². The molecule has 0 saturated heterocycles. The maximum absolute atomic E-state index is 12.7. The largest absolute Gasteiger partial charge is 0.492 e. The predicted molar refractivity (Wildman–Crippen MR) is 93.2 cm³/mol. The number of benzene rings is 1. The van der Waals surface area contributed by atoms with Crippen LogP contribution in [-0.4, -0.2) is 18.3 Å². The standard InChI is InChI=1S/C19H22ClNO3/c1-4-24-16-6-5-11(7-13(16)20)12-8-17(23)21-14-9-19(2,3)10-15(22)18(12)14/h5-7,12H,4,8-10H2,1-3H3,(H,21,23)/t12-/m1/s1. The number of carbonyl (C=O) groups is 2. The van der Waals surface area contributed by atoms with Crippen molar-refractivity contribution in [3.8, 4) is 5.75 Å². The zero-order valence-corrected chi connectivity index (χ0v) is 15.0. The predicted octanol–water partition coefficient (Wildman–Crippen LogP) is 3.99. The summed E-state index contributed by atoms with van der Waals surface area (Å²) in [6, 6.07) is 5.52. The summed E-state index contributed by atoms with van der Waals surface area (Å²) < 4.78 is 5.46. The van der Waals surface area contributed by atoms with Crippen molar-refractivity contribution in [2.24, 2.45) is 5.41 Å². The van der Waals surface area contributed by atoms with Gasteiger partial charge in [0.05, 0.1) is 11.6 Å². The first-order valence-electron chi connectivity index (χ1n) is 8.29. The van der Waals surface area contributed by atoms with Gasteiger partial charge in [0.1, 0.15) is 5.75 Å². The number of amides is 1. The third kappa shape index (κ3) is 3.20. The van der Waals surface area contributed by atoms with Crippen LogP contribution in [0, 0.1) is 5.41 Å². The summed E-state index contributed by atoms with van der Waals surface area (Å²) >= 11 is 6.29. The van der Waals surface area contributed by atoms with Crippen LogP contribution in [0.3, 0.4) is 0 Å². The van der Waals surface area contributed by atoms with Crippen molar-refractivity contribution >= 4 is 23.3 Å². The molecule has 2 aliphatic rings. The molecule has 0 saturated carbocycles. The third-order valence-corrected chi connectivity index (χ3v) is 4.90. The van der Waals surface area contributed by atoms with Crippen molar-refractivity contribution in [1.29, 1.82) is 0 Å². The fraction of sp³-hybridized carbons (Fsp3) is 0.474. The lowest BCUT2D eigenvalue weighted by Crippen LogP contribution is -2.40. The Bertz CT molecular complexity index is 736. The van der Waals surface area contributed by atoms with E-state index in [-0.39, 0.29) is 29.4 Å². The molecule has 0 fully saturated rings. The Hall–Kier alpha value is -1.81. The van der Waals surface area contributed by atoms with Crippen LogP contribution in [0.1, 0.15) is 51.5 Å². The summed E-state index contributed by atoms with van der Waals surface area (Å²) in [6.45, 7) is 6.54. The van der Waals surface area contributed by atoms with E-state index in [1.165, 1.54) is 0 Å². The van der Waals surface area contributed by atoms with Crippen LogP contribution in [0.4, 0.5) is 0 Å². The Morgan fingerprint density at radius 3 is 2.71 bits per heavy atom. The van der Waals surface area contributed by atoms with Gasteiger partial charge in [-0.3, -0.25) is 9.59 Å². The molecule has 4 nitrogen and oxygen atoms in total. The molecule has 3 rings (SSSR count). The molecule has 1 aromatic carbocycles. The number of nitrogens with one attached hydrogen (secondary N) is 1. The monoisotopic (exact) mass is 347 g/mol. The number of halogens is 1. The average Bonchev–Trinajstić information content (AvgIpc) is 2.46. The lowest BCUT2D eigenvalue weighted by Gasteiger charge is -2.37. The number of carbonyl (C=O) groups excluding carboxylic acids is 2. The highest BCUT2D eigenvalue weighted by atomic mass is 35.5. The normalized spacial score (nSPS) is 22.9. The number of hydrogen-bond donors (Lipinski definition) is 1. The molecule has 0 radical (unpaired) electrons. The number of allylic oxidation sites excluding steroid dienone is 2. The average molecular weight is 348 g/mol. The molecular formula is C19H22ClNO3. The summed E-state index contributed by atoms with van der Waals surface area (Å²) in [4.78, 5) is 24.9. The van der Waals surface area contributed by atoms with Gasteiger partial charge in [-0.2, -0.15) is 0 Å². The highest BCUT2D eigenvalue weighted by molar-refractivity contribution is 6.32. The van der Waals surface area contributed by atoms with Crippen molar-refractivity contribution in [2.45, 2.75) is 46.0 Å². The number of rotatable bonds is 3. The summed E-state index contributed by atoms with van der Waals surface area (Å²) in [6.07, 6.45) is 1.49. The van der Waals surface area contributed by atoms with Crippen LogP contribution in [-0.2, 0) is 9.59 Å². The van der Waals surface area contributed by atoms with E-state index in [9.17, 15) is 9.59 Å². The van der Waals surface area contributed by atoms with E-state index in [0.29, 0.717) is 30.2 Å². The SMILES string of the molecule is CCOc1ccc([C@H]2CC(=O)NC3=C2C(=O)CC(C)(C)C3)cc1Cl. The van der Waals surface area contributed by atoms with Gasteiger partial charge in [-0.25, -0.2) is 0 Å². The maximum Gasteiger partial charge on any atom is 0.225 e. The molecule has 0 aromatic heterocycles. The molecule has 1 atom stereocenters. The Kier molecular flexibility index (Phi) is 4.43. The van der Waals surface area contributed by atoms with Crippen LogP contribution in [0.15, 0.2) is 29.5 Å². The van der Waals surface area contributed by atoms with E-state index in [1.807, 2.05) is 25.1 Å². The fourth-order valence-corrected chi connectivity index (χ4v) is 3.89. The first kappa shape index (κ1) is 17.0. The summed E-state index contributed by atoms with van der Waals surface area (Å²) in [5.74, 6) is 0.463. The van der Waals surface area contributed by atoms with Crippen LogP contribution in [0.25, 0.3) is 0 Å². The quantitative estimate of drug-likeness (QED) is 0.899. The minimum atomic E-state index is -0.231. The number of Topliss-reactive ketones (excluding diaryl/α,β-unsaturated/α-hetero) is 1. The Balaban J connectivity index is 2.02. The van der Waals surface area contributed by atoms with Gasteiger partial charge >= 0.3 is 0 Å².